The molecule has 146 valence electrons. The second-order valence-electron chi connectivity index (χ2n) is 6.24. The van der Waals surface area contributed by atoms with Gasteiger partial charge in [-0.05, 0) is 42.4 Å². The summed E-state index contributed by atoms with van der Waals surface area (Å²) < 4.78 is 26.2. The highest BCUT2D eigenvalue weighted by Gasteiger charge is 2.15. The Morgan fingerprint density at radius 2 is 1.66 bits per heavy atom. The molecular weight excluding hydrogens is 386 g/mol. The Bertz CT molecular complexity index is 1200. The van der Waals surface area contributed by atoms with E-state index in [0.29, 0.717) is 27.8 Å². The van der Waals surface area contributed by atoms with E-state index in [0.717, 1.165) is 0 Å². The van der Waals surface area contributed by atoms with Gasteiger partial charge < -0.3 is 5.32 Å². The van der Waals surface area contributed by atoms with E-state index in [-0.39, 0.29) is 17.3 Å². The van der Waals surface area contributed by atoms with Crippen LogP contribution in [0.2, 0.25) is 0 Å². The van der Waals surface area contributed by atoms with E-state index >= 15 is 0 Å². The van der Waals surface area contributed by atoms with E-state index in [4.69, 9.17) is 0 Å². The number of rotatable bonds is 6. The van der Waals surface area contributed by atoms with E-state index in [1.165, 1.54) is 19.2 Å². The van der Waals surface area contributed by atoms with Crippen LogP contribution in [-0.4, -0.2) is 21.4 Å². The minimum atomic E-state index is -3.56. The van der Waals surface area contributed by atoms with Crippen LogP contribution < -0.4 is 10.0 Å². The first-order chi connectivity index (χ1) is 14.0. The Morgan fingerprint density at radius 1 is 0.966 bits per heavy atom. The van der Waals surface area contributed by atoms with Gasteiger partial charge in [0.2, 0.25) is 10.0 Å². The molecule has 0 fully saturated rings. The molecule has 29 heavy (non-hydrogen) atoms. The van der Waals surface area contributed by atoms with Crippen LogP contribution in [0.3, 0.4) is 0 Å². The summed E-state index contributed by atoms with van der Waals surface area (Å²) in [6.07, 6.45) is 0. The van der Waals surface area contributed by atoms with Crippen molar-refractivity contribution in [3.05, 3.63) is 89.5 Å². The normalized spacial score (nSPS) is 10.9. The molecule has 0 aliphatic heterocycles. The number of benzene rings is 3. The van der Waals surface area contributed by atoms with Gasteiger partial charge in [0.15, 0.2) is 0 Å². The van der Waals surface area contributed by atoms with E-state index in [2.05, 4.69) is 16.1 Å². The third kappa shape index (κ3) is 4.51. The Balaban J connectivity index is 1.85. The standard InChI is InChI=1S/C22H19N3O3S/c1-24-29(27,28)18-9-6-7-16(13-18)15-25-22(26)21-12-5-4-11-20(21)19-10-3-2-8-17(19)14-23/h2-13,24H,15H2,1H3,(H,25,26). The topological polar surface area (TPSA) is 99.1 Å². The summed E-state index contributed by atoms with van der Waals surface area (Å²) in [4.78, 5) is 13.0. The Labute approximate surface area is 169 Å². The van der Waals surface area contributed by atoms with Crippen molar-refractivity contribution >= 4 is 15.9 Å². The summed E-state index contributed by atoms with van der Waals surface area (Å²) in [7, 11) is -2.21. The van der Waals surface area contributed by atoms with Gasteiger partial charge in [-0.3, -0.25) is 4.79 Å². The lowest BCUT2D eigenvalue weighted by Crippen LogP contribution is -2.24. The predicted octanol–water partition coefficient (Wildman–Crippen LogP) is 3.06. The summed E-state index contributed by atoms with van der Waals surface area (Å²) >= 11 is 0. The first kappa shape index (κ1) is 20.3. The van der Waals surface area contributed by atoms with Gasteiger partial charge in [0.1, 0.15) is 0 Å². The zero-order valence-corrected chi connectivity index (χ0v) is 16.5. The van der Waals surface area contributed by atoms with Gasteiger partial charge in [-0.1, -0.05) is 48.5 Å². The molecule has 0 bridgehead atoms. The lowest BCUT2D eigenvalue weighted by Gasteiger charge is -2.12. The average Bonchev–Trinajstić information content (AvgIpc) is 2.77. The first-order valence-corrected chi connectivity index (χ1v) is 10.3. The third-order valence-corrected chi connectivity index (χ3v) is 5.85. The largest absolute Gasteiger partial charge is 0.348 e. The second kappa shape index (κ2) is 8.69. The Morgan fingerprint density at radius 3 is 2.38 bits per heavy atom. The molecular formula is C22H19N3O3S. The van der Waals surface area contributed by atoms with Gasteiger partial charge in [0.25, 0.3) is 5.91 Å². The molecule has 3 rings (SSSR count). The number of hydrogen-bond donors (Lipinski definition) is 2. The van der Waals surface area contributed by atoms with Crippen molar-refractivity contribution in [2.75, 3.05) is 7.05 Å². The van der Waals surface area contributed by atoms with Gasteiger partial charge in [-0.15, -0.1) is 0 Å². The molecule has 0 unspecified atom stereocenters. The molecule has 0 atom stereocenters. The van der Waals surface area contributed by atoms with Crippen LogP contribution in [-0.2, 0) is 16.6 Å². The summed E-state index contributed by atoms with van der Waals surface area (Å²) in [5.74, 6) is -0.310. The van der Waals surface area contributed by atoms with Crippen LogP contribution in [0, 0.1) is 11.3 Å². The molecule has 0 aromatic heterocycles. The molecule has 0 saturated heterocycles. The molecule has 1 amide bonds. The van der Waals surface area contributed by atoms with Crippen molar-refractivity contribution in [1.82, 2.24) is 10.0 Å². The first-order valence-electron chi connectivity index (χ1n) is 8.85. The minimum absolute atomic E-state index is 0.134. The molecule has 3 aromatic carbocycles. The van der Waals surface area contributed by atoms with Crippen LogP contribution in [0.5, 0.6) is 0 Å². The fourth-order valence-electron chi connectivity index (χ4n) is 2.95. The molecule has 0 radical (unpaired) electrons. The van der Waals surface area contributed by atoms with Crippen LogP contribution in [0.4, 0.5) is 0 Å². The Hall–Kier alpha value is -3.47. The van der Waals surface area contributed by atoms with E-state index in [9.17, 15) is 18.5 Å². The molecule has 0 heterocycles. The summed E-state index contributed by atoms with van der Waals surface area (Å²) in [6, 6.07) is 22.7. The number of nitrogens with one attached hydrogen (secondary N) is 2. The zero-order valence-electron chi connectivity index (χ0n) is 15.7. The van der Waals surface area contributed by atoms with Crippen LogP contribution >= 0.6 is 0 Å². The predicted molar refractivity (Wildman–Crippen MR) is 110 cm³/mol. The van der Waals surface area contributed by atoms with Crippen LogP contribution in [0.15, 0.2) is 77.7 Å². The number of nitriles is 1. The second-order valence-corrected chi connectivity index (χ2v) is 8.13. The van der Waals surface area contributed by atoms with Gasteiger partial charge >= 0.3 is 0 Å². The van der Waals surface area contributed by atoms with Gasteiger partial charge in [-0.2, -0.15) is 5.26 Å². The molecule has 7 heteroatoms. The zero-order chi connectivity index (χ0) is 20.9. The SMILES string of the molecule is CNS(=O)(=O)c1cccc(CNC(=O)c2ccccc2-c2ccccc2C#N)c1. The minimum Gasteiger partial charge on any atom is -0.348 e. The fraction of sp³-hybridized carbons (Fsp3) is 0.0909. The molecule has 6 nitrogen and oxygen atoms in total. The van der Waals surface area contributed by atoms with Crippen molar-refractivity contribution in [3.8, 4) is 17.2 Å². The van der Waals surface area contributed by atoms with E-state index in [1.807, 2.05) is 12.1 Å². The quantitative estimate of drug-likeness (QED) is 0.658. The number of carbonyl (C=O) groups is 1. The molecule has 0 spiro atoms. The molecule has 0 aliphatic carbocycles. The molecule has 0 saturated carbocycles. The Kier molecular flexibility index (Phi) is 6.07. The van der Waals surface area contributed by atoms with E-state index < -0.39 is 10.0 Å². The highest BCUT2D eigenvalue weighted by atomic mass is 32.2. The summed E-state index contributed by atoms with van der Waals surface area (Å²) in [5, 5.41) is 12.2. The monoisotopic (exact) mass is 405 g/mol. The smallest absolute Gasteiger partial charge is 0.252 e. The number of amides is 1. The van der Waals surface area contributed by atoms with Crippen molar-refractivity contribution in [2.24, 2.45) is 0 Å². The average molecular weight is 405 g/mol. The highest BCUT2D eigenvalue weighted by Crippen LogP contribution is 2.27. The van der Waals surface area contributed by atoms with Crippen molar-refractivity contribution in [3.63, 3.8) is 0 Å². The third-order valence-electron chi connectivity index (χ3n) is 4.44. The lowest BCUT2D eigenvalue weighted by molar-refractivity contribution is 0.0951. The van der Waals surface area contributed by atoms with Crippen molar-refractivity contribution in [2.45, 2.75) is 11.4 Å². The molecule has 3 aromatic rings. The maximum absolute atomic E-state index is 12.8. The highest BCUT2D eigenvalue weighted by molar-refractivity contribution is 7.89. The fourth-order valence-corrected chi connectivity index (χ4v) is 3.75. The van der Waals surface area contributed by atoms with E-state index in [1.54, 1.807) is 48.5 Å². The van der Waals surface area contributed by atoms with Crippen molar-refractivity contribution < 1.29 is 13.2 Å². The lowest BCUT2D eigenvalue weighted by atomic mass is 9.95. The summed E-state index contributed by atoms with van der Waals surface area (Å²) in [6.45, 7) is 0.167. The van der Waals surface area contributed by atoms with Crippen LogP contribution in [0.25, 0.3) is 11.1 Å². The summed E-state index contributed by atoms with van der Waals surface area (Å²) in [5.41, 5.74) is 2.92. The van der Waals surface area contributed by atoms with Gasteiger partial charge in [0, 0.05) is 17.7 Å². The molecule has 2 N–H and O–H groups in total. The number of carbonyl (C=O) groups excluding carboxylic acids is 1. The number of hydrogen-bond acceptors (Lipinski definition) is 4. The van der Waals surface area contributed by atoms with Crippen molar-refractivity contribution in [1.29, 1.82) is 5.26 Å². The number of sulfonamides is 1. The number of nitrogens with zero attached hydrogens (tertiary/aromatic N) is 1. The molecule has 0 aliphatic rings. The maximum atomic E-state index is 12.8. The van der Waals surface area contributed by atoms with Crippen LogP contribution in [0.1, 0.15) is 21.5 Å². The maximum Gasteiger partial charge on any atom is 0.252 e. The van der Waals surface area contributed by atoms with Gasteiger partial charge in [0.05, 0.1) is 16.5 Å². The van der Waals surface area contributed by atoms with Gasteiger partial charge in [-0.25, -0.2) is 13.1 Å².